The Morgan fingerprint density at radius 3 is 3.08 bits per heavy atom. The van der Waals surface area contributed by atoms with Crippen LogP contribution in [0.5, 0.6) is 0 Å². The second-order valence-electron chi connectivity index (χ2n) is 2.80. The van der Waals surface area contributed by atoms with Crippen LogP contribution in [0.25, 0.3) is 0 Å². The van der Waals surface area contributed by atoms with Crippen LogP contribution in [-0.4, -0.2) is 12.5 Å². The molecule has 2 rings (SSSR count). The van der Waals surface area contributed by atoms with Crippen molar-refractivity contribution in [2.45, 2.75) is 6.42 Å². The lowest BCUT2D eigenvalue weighted by Gasteiger charge is -1.98. The summed E-state index contributed by atoms with van der Waals surface area (Å²) < 4.78 is 0. The highest BCUT2D eigenvalue weighted by atomic mass is 15.1. The van der Waals surface area contributed by atoms with Gasteiger partial charge in [0.25, 0.3) is 0 Å². The van der Waals surface area contributed by atoms with Crippen molar-refractivity contribution in [2.75, 3.05) is 6.54 Å². The lowest BCUT2D eigenvalue weighted by Crippen LogP contribution is -2.31. The average molecular weight is 161 g/mol. The summed E-state index contributed by atoms with van der Waals surface area (Å²) in [5.74, 6) is 0.514. The smallest absolute Gasteiger partial charge is 0.193 e. The van der Waals surface area contributed by atoms with E-state index in [4.69, 9.17) is 5.73 Å². The first kappa shape index (κ1) is 7.16. The van der Waals surface area contributed by atoms with Crippen LogP contribution in [-0.2, 0) is 6.42 Å². The number of hydrogen-bond donors (Lipinski definition) is 2. The standard InChI is InChI=1S/C9H11N3/c10-9-11-6-5-7-3-1-2-4-8(7)12-9/h1-4H,5-6H2,(H3,10,11,12). The van der Waals surface area contributed by atoms with Crippen LogP contribution in [0.3, 0.4) is 0 Å². The van der Waals surface area contributed by atoms with Crippen LogP contribution in [0, 0.1) is 0 Å². The first-order valence-corrected chi connectivity index (χ1v) is 4.02. The Kier molecular flexibility index (Phi) is 1.70. The molecule has 62 valence electrons. The molecule has 12 heavy (non-hydrogen) atoms. The molecular weight excluding hydrogens is 150 g/mol. The number of fused-ring (bicyclic) bond motifs is 1. The molecule has 0 saturated carbocycles. The average Bonchev–Trinajstić information content (AvgIpc) is 2.25. The summed E-state index contributed by atoms with van der Waals surface area (Å²) >= 11 is 0. The van der Waals surface area contributed by atoms with Gasteiger partial charge in [0.1, 0.15) is 0 Å². The van der Waals surface area contributed by atoms with Gasteiger partial charge >= 0.3 is 0 Å². The molecule has 0 saturated heterocycles. The van der Waals surface area contributed by atoms with Gasteiger partial charge in [-0.1, -0.05) is 18.2 Å². The molecule has 1 heterocycles. The van der Waals surface area contributed by atoms with E-state index < -0.39 is 0 Å². The fourth-order valence-electron chi connectivity index (χ4n) is 1.33. The van der Waals surface area contributed by atoms with Crippen molar-refractivity contribution in [2.24, 2.45) is 10.7 Å². The molecule has 0 aromatic heterocycles. The van der Waals surface area contributed by atoms with Crippen molar-refractivity contribution in [1.29, 1.82) is 0 Å². The highest BCUT2D eigenvalue weighted by molar-refractivity contribution is 5.82. The van der Waals surface area contributed by atoms with E-state index in [0.717, 1.165) is 18.7 Å². The number of nitrogens with zero attached hydrogens (tertiary/aromatic N) is 1. The number of para-hydroxylation sites is 1. The van der Waals surface area contributed by atoms with Crippen molar-refractivity contribution in [3.63, 3.8) is 0 Å². The molecular formula is C9H11N3. The zero-order valence-corrected chi connectivity index (χ0v) is 6.75. The summed E-state index contributed by atoms with van der Waals surface area (Å²) in [5.41, 5.74) is 7.83. The lowest BCUT2D eigenvalue weighted by molar-refractivity contribution is 0.874. The molecule has 0 fully saturated rings. The maximum absolute atomic E-state index is 5.59. The Morgan fingerprint density at radius 2 is 2.17 bits per heavy atom. The molecule has 0 aliphatic carbocycles. The third-order valence-electron chi connectivity index (χ3n) is 1.93. The van der Waals surface area contributed by atoms with E-state index in [2.05, 4.69) is 16.4 Å². The van der Waals surface area contributed by atoms with E-state index >= 15 is 0 Å². The maximum Gasteiger partial charge on any atom is 0.193 e. The van der Waals surface area contributed by atoms with Gasteiger partial charge in [-0.3, -0.25) is 0 Å². The van der Waals surface area contributed by atoms with E-state index in [1.807, 2.05) is 18.2 Å². The monoisotopic (exact) mass is 161 g/mol. The molecule has 1 aliphatic heterocycles. The first-order valence-electron chi connectivity index (χ1n) is 4.02. The van der Waals surface area contributed by atoms with Crippen molar-refractivity contribution in [3.8, 4) is 0 Å². The minimum Gasteiger partial charge on any atom is -0.370 e. The van der Waals surface area contributed by atoms with Crippen LogP contribution in [0.15, 0.2) is 29.3 Å². The summed E-state index contributed by atoms with van der Waals surface area (Å²) in [4.78, 5) is 4.22. The highest BCUT2D eigenvalue weighted by Gasteiger charge is 2.05. The first-order chi connectivity index (χ1) is 5.86. The molecule has 0 spiro atoms. The molecule has 1 aromatic rings. The predicted molar refractivity (Wildman–Crippen MR) is 49.4 cm³/mol. The molecule has 0 amide bonds. The summed E-state index contributed by atoms with van der Waals surface area (Å²) in [6.07, 6.45) is 0.986. The normalized spacial score (nSPS) is 15.5. The Labute approximate surface area is 71.3 Å². The van der Waals surface area contributed by atoms with Crippen LogP contribution in [0.2, 0.25) is 0 Å². The molecule has 3 nitrogen and oxygen atoms in total. The Morgan fingerprint density at radius 1 is 1.33 bits per heavy atom. The van der Waals surface area contributed by atoms with Gasteiger partial charge in [-0.2, -0.15) is 0 Å². The number of nitrogens with one attached hydrogen (secondary N) is 1. The molecule has 0 radical (unpaired) electrons. The van der Waals surface area contributed by atoms with Gasteiger partial charge in [-0.25, -0.2) is 4.99 Å². The largest absolute Gasteiger partial charge is 0.370 e. The van der Waals surface area contributed by atoms with Crippen LogP contribution >= 0.6 is 0 Å². The summed E-state index contributed by atoms with van der Waals surface area (Å²) in [7, 11) is 0. The zero-order chi connectivity index (χ0) is 8.39. The van der Waals surface area contributed by atoms with Gasteiger partial charge in [0.15, 0.2) is 5.96 Å². The number of nitrogens with two attached hydrogens (primary N) is 1. The summed E-state index contributed by atoms with van der Waals surface area (Å²) in [5, 5.41) is 3.02. The van der Waals surface area contributed by atoms with Crippen LogP contribution in [0.1, 0.15) is 5.56 Å². The van der Waals surface area contributed by atoms with Gasteiger partial charge in [0.05, 0.1) is 5.69 Å². The highest BCUT2D eigenvalue weighted by Crippen LogP contribution is 2.19. The molecule has 1 aromatic carbocycles. The predicted octanol–water partition coefficient (Wildman–Crippen LogP) is 0.778. The van der Waals surface area contributed by atoms with Crippen molar-refractivity contribution >= 4 is 11.6 Å². The molecule has 3 heteroatoms. The van der Waals surface area contributed by atoms with Crippen LogP contribution in [0.4, 0.5) is 5.69 Å². The molecule has 0 bridgehead atoms. The number of aliphatic imine (C=N–C) groups is 1. The van der Waals surface area contributed by atoms with Gasteiger partial charge in [-0.15, -0.1) is 0 Å². The minimum atomic E-state index is 0.514. The zero-order valence-electron chi connectivity index (χ0n) is 6.75. The lowest BCUT2D eigenvalue weighted by atomic mass is 10.1. The van der Waals surface area contributed by atoms with Crippen molar-refractivity contribution in [1.82, 2.24) is 5.32 Å². The topological polar surface area (TPSA) is 50.4 Å². The third-order valence-corrected chi connectivity index (χ3v) is 1.93. The molecule has 3 N–H and O–H groups in total. The van der Waals surface area contributed by atoms with Gasteiger partial charge in [0, 0.05) is 6.54 Å². The number of hydrogen-bond acceptors (Lipinski definition) is 3. The maximum atomic E-state index is 5.59. The summed E-state index contributed by atoms with van der Waals surface area (Å²) in [6.45, 7) is 0.867. The van der Waals surface area contributed by atoms with E-state index in [1.54, 1.807) is 0 Å². The number of benzene rings is 1. The fourth-order valence-corrected chi connectivity index (χ4v) is 1.33. The summed E-state index contributed by atoms with van der Waals surface area (Å²) in [6, 6.07) is 8.06. The second kappa shape index (κ2) is 2.85. The molecule has 1 aliphatic rings. The SMILES string of the molecule is NC1=Nc2ccccc2CCN1. The molecule has 0 unspecified atom stereocenters. The van der Waals surface area contributed by atoms with Crippen molar-refractivity contribution < 1.29 is 0 Å². The van der Waals surface area contributed by atoms with E-state index in [1.165, 1.54) is 5.56 Å². The second-order valence-corrected chi connectivity index (χ2v) is 2.80. The Balaban J connectivity index is 2.47. The van der Waals surface area contributed by atoms with Gasteiger partial charge in [0.2, 0.25) is 0 Å². The fraction of sp³-hybridized carbons (Fsp3) is 0.222. The van der Waals surface area contributed by atoms with E-state index in [0.29, 0.717) is 5.96 Å². The third kappa shape index (κ3) is 1.25. The van der Waals surface area contributed by atoms with E-state index in [9.17, 15) is 0 Å². The molecule has 0 atom stereocenters. The number of guanidine groups is 1. The van der Waals surface area contributed by atoms with E-state index in [-0.39, 0.29) is 0 Å². The van der Waals surface area contributed by atoms with Gasteiger partial charge < -0.3 is 11.1 Å². The van der Waals surface area contributed by atoms with Crippen molar-refractivity contribution in [3.05, 3.63) is 29.8 Å². The number of rotatable bonds is 0. The minimum absolute atomic E-state index is 0.514. The van der Waals surface area contributed by atoms with Gasteiger partial charge in [-0.05, 0) is 18.1 Å². The Bertz CT molecular complexity index is 317. The Hall–Kier alpha value is -1.51. The van der Waals surface area contributed by atoms with Crippen LogP contribution < -0.4 is 11.1 Å². The quantitative estimate of drug-likeness (QED) is 0.590.